The second-order valence-electron chi connectivity index (χ2n) is 19.6. The molecule has 0 unspecified atom stereocenters. The zero-order valence-electron chi connectivity index (χ0n) is 40.2. The molecule has 21 heterocycles. The van der Waals surface area contributed by atoms with E-state index in [1.165, 1.54) is 0 Å². The Morgan fingerprint density at radius 2 is 0.338 bits per heavy atom. The van der Waals surface area contributed by atoms with Crippen LogP contribution in [0.25, 0.3) is 0 Å². The summed E-state index contributed by atoms with van der Waals surface area (Å²) in [6.45, 7) is -7.02. The third kappa shape index (κ3) is 12.3. The molecule has 35 atom stereocenters. The Hall–Kier alpha value is -0.630. The summed E-state index contributed by atoms with van der Waals surface area (Å²) in [6.07, 6.45) is -65.5. The molecule has 0 aliphatic carbocycles. The van der Waals surface area contributed by atoms with Crippen LogP contribution in [0.1, 0.15) is 0 Å². The third-order valence-electron chi connectivity index (χ3n) is 14.7. The van der Waals surface area contributed by atoms with Crippen molar-refractivity contribution in [1.82, 2.24) is 0 Å². The van der Waals surface area contributed by atoms with Crippen molar-refractivity contribution < 1.29 is 168 Å². The lowest BCUT2D eigenvalue weighted by Gasteiger charge is -2.50. The van der Waals surface area contributed by atoms with Crippen LogP contribution in [0, 0.1) is 0 Å². The number of aliphatic hydroxyl groups is 20. The van der Waals surface area contributed by atoms with Gasteiger partial charge in [-0.3, -0.25) is 0 Å². The molecule has 0 radical (unpaired) electrons. The van der Waals surface area contributed by atoms with E-state index in [-0.39, 0.29) is 0 Å². The van der Waals surface area contributed by atoms with E-state index in [2.05, 4.69) is 0 Å². The van der Waals surface area contributed by atoms with Gasteiger partial charge in [-0.05, 0) is 0 Å². The highest BCUT2D eigenvalue weighted by molar-refractivity contribution is 14.1. The van der Waals surface area contributed by atoms with Crippen LogP contribution in [-0.4, -0.2) is 361 Å². The van der Waals surface area contributed by atoms with Gasteiger partial charge in [-0.1, -0.05) is 22.6 Å². The molecule has 21 rings (SSSR count). The molecular weight excluding hydrogens is 1180 g/mol. The van der Waals surface area contributed by atoms with Crippen molar-refractivity contribution in [2.24, 2.45) is 0 Å². The lowest BCUT2D eigenvalue weighted by molar-refractivity contribution is -0.396. The quantitative estimate of drug-likeness (QED) is 0.0831. The molecule has 0 aromatic rings. The summed E-state index contributed by atoms with van der Waals surface area (Å²) in [6, 6.07) is 0. The van der Waals surface area contributed by atoms with Gasteiger partial charge in [-0.2, -0.15) is 0 Å². The normalized spacial score (nSPS) is 55.4. The van der Waals surface area contributed by atoms with E-state index in [4.69, 9.17) is 66.3 Å². The average molecular weight is 1240 g/mol. The molecule has 21 saturated heterocycles. The highest BCUT2D eigenvalue weighted by atomic mass is 127. The number of hydrogen-bond donors (Lipinski definition) is 20. The van der Waals surface area contributed by atoms with Crippen molar-refractivity contribution in [2.45, 2.75) is 213 Å². The summed E-state index contributed by atoms with van der Waals surface area (Å²) in [7, 11) is 0. The molecule has 0 spiro atoms. The Balaban J connectivity index is 1.08. The van der Waals surface area contributed by atoms with Crippen molar-refractivity contribution in [3.8, 4) is 0 Å². The van der Waals surface area contributed by atoms with Crippen LogP contribution < -0.4 is 0 Å². The molecule has 21 aliphatic heterocycles. The van der Waals surface area contributed by atoms with Gasteiger partial charge in [-0.15, -0.1) is 0 Å². The number of alkyl halides is 1. The second kappa shape index (κ2) is 26.5. The Bertz CT molecular complexity index is 1470. The summed E-state index contributed by atoms with van der Waals surface area (Å²) in [5.41, 5.74) is 0. The summed E-state index contributed by atoms with van der Waals surface area (Å²) in [4.78, 5) is 0. The molecular formula is C42H69IO34. The van der Waals surface area contributed by atoms with Crippen molar-refractivity contribution in [2.75, 3.05) is 46.2 Å². The molecule has 448 valence electrons. The predicted octanol–water partition coefficient (Wildman–Crippen LogP) is -13.8. The van der Waals surface area contributed by atoms with E-state index in [0.717, 1.165) is 0 Å². The zero-order valence-corrected chi connectivity index (χ0v) is 42.4. The van der Waals surface area contributed by atoms with Crippen LogP contribution in [0.5, 0.6) is 0 Å². The molecule has 0 amide bonds. The molecule has 0 aromatic heterocycles. The Morgan fingerprint density at radius 1 is 0.195 bits per heavy atom. The van der Waals surface area contributed by atoms with Crippen LogP contribution in [0.15, 0.2) is 0 Å². The highest BCUT2D eigenvalue weighted by Crippen LogP contribution is 2.39. The maximum absolute atomic E-state index is 11.6. The predicted molar refractivity (Wildman–Crippen MR) is 240 cm³/mol. The van der Waals surface area contributed by atoms with Gasteiger partial charge in [0.15, 0.2) is 44.0 Å². The van der Waals surface area contributed by atoms with E-state index in [1.807, 2.05) is 0 Å². The lowest BCUT2D eigenvalue weighted by Crippen LogP contribution is -2.68. The number of halogens is 1. The van der Waals surface area contributed by atoms with Crippen molar-refractivity contribution >= 4 is 22.6 Å². The van der Waals surface area contributed by atoms with Gasteiger partial charge in [-0.25, -0.2) is 0 Å². The van der Waals surface area contributed by atoms with E-state index in [0.29, 0.717) is 0 Å². The van der Waals surface area contributed by atoms with Crippen LogP contribution in [-0.2, 0) is 66.3 Å². The minimum absolute atomic E-state index is 0.939. The molecule has 20 N–H and O–H groups in total. The second-order valence-corrected chi connectivity index (χ2v) is 21.0. The molecule has 0 saturated carbocycles. The van der Waals surface area contributed by atoms with Crippen molar-refractivity contribution in [1.29, 1.82) is 0 Å². The fraction of sp³-hybridized carbons (Fsp3) is 1.00. The minimum Gasteiger partial charge on any atom is -0.394 e. The molecule has 21 fully saturated rings. The van der Waals surface area contributed by atoms with Crippen molar-refractivity contribution in [3.05, 3.63) is 0 Å². The summed E-state index contributed by atoms with van der Waals surface area (Å²) in [5.74, 6) is 0. The topological polar surface area (TPSA) is 534 Å². The first-order valence-corrected chi connectivity index (χ1v) is 25.8. The van der Waals surface area contributed by atoms with Gasteiger partial charge in [0.1, 0.15) is 159 Å². The first-order valence-electron chi connectivity index (χ1n) is 24.6. The largest absolute Gasteiger partial charge is 0.394 e. The average Bonchev–Trinajstić information content (AvgIpc) is 3.45. The number of rotatable bonds is 7. The maximum atomic E-state index is 11.6. The van der Waals surface area contributed by atoms with Crippen LogP contribution in [0.3, 0.4) is 0 Å². The zero-order chi connectivity index (χ0) is 56.1. The van der Waals surface area contributed by atoms with Gasteiger partial charge in [0.25, 0.3) is 0 Å². The Kier molecular flexibility index (Phi) is 21.5. The summed E-state index contributed by atoms with van der Waals surface area (Å²) in [5, 5.41) is 220. The number of ether oxygens (including phenoxy) is 14. The number of hydrogen-bond acceptors (Lipinski definition) is 34. The fourth-order valence-electron chi connectivity index (χ4n) is 10.4. The smallest absolute Gasteiger partial charge is 0.187 e. The Morgan fingerprint density at radius 3 is 0.506 bits per heavy atom. The standard InChI is InChI=1S/C42H69IO34/c43-15-16(51)29-8(1-44)64-36(15)71-30-9(2-45)65-38(23(58)17(30)52)73-32-11(4-47)67-40(25(60)19(32)54)75-34-13(6-49)69-42(27(62)21(34)56)77-35-14(7-50)70-41(28(63)22(35)57)76-33-12(5-48)68-39(26(61)20(33)55)74-31-10(3-46)66-37(72-29)24(59)18(31)53/h8-42,44-63H,1-7H2/t8-,9-,10+,11-,12+,13-,14-,15+,16+,17+,18-,19+,20-,21-,22-,23+,24-,25+,26-,27-,28-,29-,30-,31-,32-,33-,34-,35-,36-,37-,38-,39-,40-,41-,42-/m1/s1. The van der Waals surface area contributed by atoms with E-state index in [1.54, 1.807) is 22.6 Å². The fourth-order valence-corrected chi connectivity index (χ4v) is 11.1. The van der Waals surface area contributed by atoms with Crippen LogP contribution in [0.2, 0.25) is 0 Å². The van der Waals surface area contributed by atoms with E-state index in [9.17, 15) is 102 Å². The third-order valence-corrected chi connectivity index (χ3v) is 16.1. The van der Waals surface area contributed by atoms with Crippen LogP contribution in [0.4, 0.5) is 0 Å². The van der Waals surface area contributed by atoms with Gasteiger partial charge < -0.3 is 168 Å². The molecule has 77 heavy (non-hydrogen) atoms. The van der Waals surface area contributed by atoms with Gasteiger partial charge in [0.2, 0.25) is 0 Å². The monoisotopic (exact) mass is 1240 g/mol. The molecule has 21 aliphatic rings. The van der Waals surface area contributed by atoms with Gasteiger partial charge in [0, 0.05) is 0 Å². The maximum Gasteiger partial charge on any atom is 0.187 e. The summed E-state index contributed by atoms with van der Waals surface area (Å²) < 4.78 is 79.2. The summed E-state index contributed by atoms with van der Waals surface area (Å²) >= 11 is 1.65. The minimum atomic E-state index is -2.19. The molecule has 0 aromatic carbocycles. The SMILES string of the molecule is OC[C@@H]1O[C@@H]2O[C@H]3[C@@H](O)[C@H](I)[C@@H](O[C@H]4[C@@H](O)[C@H](O)[C@@H](O[C@H]5[C@@H](O)[C@H](O)[C@@H](O[C@H]6[C@H](O)[C@@H](O)[C@@H](O[C@H]7[C@H](O)[C@@H](O)[C@@H](O[C@H]8[C@H](O)[C@@H](O)[C@@H](O[C@H]1[C@H](O)[C@H]2O)O[C@H]8CO)O[C@@H]7CO)O[C@@H]6CO)O[C@@H]5CO)O[C@@H]4CO)O[C@@H]3CO. The first kappa shape index (κ1) is 62.4. The molecule has 14 bridgehead atoms. The van der Waals surface area contributed by atoms with Gasteiger partial charge >= 0.3 is 0 Å². The van der Waals surface area contributed by atoms with E-state index >= 15 is 0 Å². The Labute approximate surface area is 448 Å². The first-order chi connectivity index (χ1) is 36.7. The molecule has 34 nitrogen and oxygen atoms in total. The highest BCUT2D eigenvalue weighted by Gasteiger charge is 2.59. The lowest BCUT2D eigenvalue weighted by atomic mass is 9.95. The van der Waals surface area contributed by atoms with Crippen LogP contribution >= 0.6 is 22.6 Å². The van der Waals surface area contributed by atoms with E-state index < -0.39 is 259 Å². The van der Waals surface area contributed by atoms with Gasteiger partial charge in [0.05, 0.1) is 56.3 Å². The van der Waals surface area contributed by atoms with Crippen molar-refractivity contribution in [3.63, 3.8) is 0 Å². The molecule has 35 heteroatoms. The number of aliphatic hydroxyl groups excluding tert-OH is 20.